The minimum absolute atomic E-state index is 0.00364. The smallest absolute Gasteiger partial charge is 0.255 e. The van der Waals surface area contributed by atoms with E-state index in [-0.39, 0.29) is 23.1 Å². The monoisotopic (exact) mass is 425 g/mol. The zero-order valence-corrected chi connectivity index (χ0v) is 17.3. The van der Waals surface area contributed by atoms with Crippen LogP contribution in [0.1, 0.15) is 39.2 Å². The van der Waals surface area contributed by atoms with Gasteiger partial charge in [-0.15, -0.1) is 0 Å². The van der Waals surface area contributed by atoms with Crippen molar-refractivity contribution in [3.05, 3.63) is 54.3 Å². The van der Waals surface area contributed by atoms with Gasteiger partial charge in [0.05, 0.1) is 23.2 Å². The number of hydrogen-bond acceptors (Lipinski definition) is 3. The largest absolute Gasteiger partial charge is 0.350 e. The van der Waals surface area contributed by atoms with Gasteiger partial charge < -0.3 is 5.32 Å². The Balaban J connectivity index is 2.58. The third-order valence-electron chi connectivity index (χ3n) is 5.79. The molecule has 1 saturated carbocycles. The third-order valence-corrected chi connectivity index (χ3v) is 5.79. The molecule has 1 amide bonds. The number of alkyl halides is 2. The van der Waals surface area contributed by atoms with Gasteiger partial charge in [0.25, 0.3) is 6.43 Å². The van der Waals surface area contributed by atoms with Crippen molar-refractivity contribution in [3.63, 3.8) is 0 Å². The van der Waals surface area contributed by atoms with Crippen LogP contribution in [0.4, 0.5) is 17.6 Å². The molecular weight excluding hydrogens is 398 g/mol. The Morgan fingerprint density at radius 1 is 1.33 bits per heavy atom. The van der Waals surface area contributed by atoms with Gasteiger partial charge in [-0.3, -0.25) is 4.79 Å². The lowest BCUT2D eigenvalue weighted by Crippen LogP contribution is -2.44. The Kier molecular flexibility index (Phi) is 7.92. The van der Waals surface area contributed by atoms with E-state index in [0.717, 1.165) is 18.3 Å². The van der Waals surface area contributed by atoms with Crippen LogP contribution in [0.25, 0.3) is 5.70 Å². The lowest BCUT2D eigenvalue weighted by atomic mass is 9.73. The molecule has 164 valence electrons. The van der Waals surface area contributed by atoms with Crippen molar-refractivity contribution >= 4 is 11.6 Å². The van der Waals surface area contributed by atoms with Crippen molar-refractivity contribution in [3.8, 4) is 0 Å². The SMILES string of the molecule is C=CN=N/C(=C\C1[C@H](C(C)C)CC[C@]1(C)C(=O)NCC(F)F)c1c(F)cccc1F. The molecule has 1 aliphatic rings. The van der Waals surface area contributed by atoms with E-state index in [0.29, 0.717) is 12.8 Å². The second kappa shape index (κ2) is 10.00. The standard InChI is InChI=1S/C22H27F4N3O/c1-5-28-29-18(20-16(23)7-6-8-17(20)24)11-15-14(13(2)3)9-10-22(15,4)21(30)27-12-19(25)26/h5-8,11,13-15,19H,1,9-10,12H2,2-4H3,(H,27,30)/b18-11-,29-28?/t14-,15?,22-/m0/s1. The van der Waals surface area contributed by atoms with Crippen molar-refractivity contribution in [2.45, 2.75) is 40.0 Å². The normalized spacial score (nSPS) is 24.8. The first kappa shape index (κ1) is 23.8. The molecule has 0 saturated heterocycles. The zero-order valence-electron chi connectivity index (χ0n) is 17.3. The second-order valence-electron chi connectivity index (χ2n) is 8.04. The third kappa shape index (κ3) is 5.15. The molecule has 0 spiro atoms. The molecule has 30 heavy (non-hydrogen) atoms. The highest BCUT2D eigenvalue weighted by Gasteiger charge is 2.50. The summed E-state index contributed by atoms with van der Waals surface area (Å²) in [5.41, 5.74) is -1.44. The van der Waals surface area contributed by atoms with E-state index >= 15 is 0 Å². The van der Waals surface area contributed by atoms with Crippen LogP contribution in [0.15, 0.2) is 47.3 Å². The average molecular weight is 425 g/mol. The van der Waals surface area contributed by atoms with Gasteiger partial charge in [0.15, 0.2) is 0 Å². The van der Waals surface area contributed by atoms with Gasteiger partial charge in [-0.2, -0.15) is 10.2 Å². The van der Waals surface area contributed by atoms with E-state index < -0.39 is 41.8 Å². The summed E-state index contributed by atoms with van der Waals surface area (Å²) < 4.78 is 54.1. The lowest BCUT2D eigenvalue weighted by molar-refractivity contribution is -0.132. The molecule has 0 aromatic heterocycles. The Labute approximate surface area is 174 Å². The Bertz CT molecular complexity index is 817. The highest BCUT2D eigenvalue weighted by atomic mass is 19.3. The number of amides is 1. The Morgan fingerprint density at radius 2 is 1.97 bits per heavy atom. The number of nitrogens with one attached hydrogen (secondary N) is 1. The molecule has 3 atom stereocenters. The van der Waals surface area contributed by atoms with Crippen LogP contribution in [0.5, 0.6) is 0 Å². The van der Waals surface area contributed by atoms with Crippen LogP contribution in [-0.4, -0.2) is 18.9 Å². The molecule has 0 aliphatic heterocycles. The molecule has 2 rings (SSSR count). The van der Waals surface area contributed by atoms with Crippen LogP contribution in [0.2, 0.25) is 0 Å². The molecule has 4 nitrogen and oxygen atoms in total. The molecule has 1 unspecified atom stereocenters. The van der Waals surface area contributed by atoms with Gasteiger partial charge in [-0.05, 0) is 42.7 Å². The summed E-state index contributed by atoms with van der Waals surface area (Å²) >= 11 is 0. The maximum atomic E-state index is 14.4. The molecule has 1 aromatic carbocycles. The van der Waals surface area contributed by atoms with Gasteiger partial charge in [0.1, 0.15) is 11.6 Å². The number of benzene rings is 1. The first-order valence-electron chi connectivity index (χ1n) is 9.86. The maximum Gasteiger partial charge on any atom is 0.255 e. The van der Waals surface area contributed by atoms with Crippen molar-refractivity contribution < 1.29 is 22.4 Å². The summed E-state index contributed by atoms with van der Waals surface area (Å²) in [6.07, 6.45) is 1.14. The zero-order chi connectivity index (χ0) is 22.5. The first-order chi connectivity index (χ1) is 14.1. The van der Waals surface area contributed by atoms with Gasteiger partial charge in [0.2, 0.25) is 5.91 Å². The first-order valence-corrected chi connectivity index (χ1v) is 9.86. The van der Waals surface area contributed by atoms with Crippen LogP contribution in [0, 0.1) is 34.8 Å². The summed E-state index contributed by atoms with van der Waals surface area (Å²) in [6, 6.07) is 3.46. The van der Waals surface area contributed by atoms with E-state index in [1.165, 1.54) is 6.07 Å². The summed E-state index contributed by atoms with van der Waals surface area (Å²) in [7, 11) is 0. The molecule has 1 N–H and O–H groups in total. The summed E-state index contributed by atoms with van der Waals surface area (Å²) in [4.78, 5) is 12.8. The maximum absolute atomic E-state index is 14.4. The fourth-order valence-corrected chi connectivity index (χ4v) is 4.16. The fraction of sp³-hybridized carbons (Fsp3) is 0.500. The predicted octanol–water partition coefficient (Wildman–Crippen LogP) is 5.97. The van der Waals surface area contributed by atoms with Gasteiger partial charge >= 0.3 is 0 Å². The van der Waals surface area contributed by atoms with Gasteiger partial charge in [-0.25, -0.2) is 17.6 Å². The molecule has 0 radical (unpaired) electrons. The molecule has 1 fully saturated rings. The van der Waals surface area contributed by atoms with Crippen LogP contribution in [-0.2, 0) is 4.79 Å². The van der Waals surface area contributed by atoms with Crippen molar-refractivity contribution in [1.29, 1.82) is 0 Å². The minimum atomic E-state index is -2.67. The molecule has 0 heterocycles. The lowest BCUT2D eigenvalue weighted by Gasteiger charge is -2.32. The number of carbonyl (C=O) groups excluding carboxylic acids is 1. The van der Waals surface area contributed by atoms with Crippen LogP contribution in [0.3, 0.4) is 0 Å². The summed E-state index contributed by atoms with van der Waals surface area (Å²) in [5.74, 6) is -2.47. The highest BCUT2D eigenvalue weighted by molar-refractivity contribution is 5.84. The molecule has 8 heteroatoms. The van der Waals surface area contributed by atoms with Crippen molar-refractivity contribution in [2.24, 2.45) is 33.4 Å². The van der Waals surface area contributed by atoms with E-state index in [1.807, 2.05) is 13.8 Å². The number of hydrogen-bond donors (Lipinski definition) is 1. The van der Waals surface area contributed by atoms with Crippen LogP contribution < -0.4 is 5.32 Å². The molecule has 1 aromatic rings. The van der Waals surface area contributed by atoms with Crippen molar-refractivity contribution in [2.75, 3.05) is 6.54 Å². The summed E-state index contributed by atoms with van der Waals surface area (Å²) in [5, 5.41) is 9.91. The highest BCUT2D eigenvalue weighted by Crippen LogP contribution is 2.51. The van der Waals surface area contributed by atoms with Gasteiger partial charge in [-0.1, -0.05) is 39.5 Å². The number of rotatable bonds is 8. The molecule has 0 bridgehead atoms. The minimum Gasteiger partial charge on any atom is -0.350 e. The molecular formula is C22H27F4N3O. The number of azo groups is 1. The topological polar surface area (TPSA) is 53.8 Å². The number of allylic oxidation sites excluding steroid dienone is 1. The fourth-order valence-electron chi connectivity index (χ4n) is 4.16. The van der Waals surface area contributed by atoms with E-state index in [1.54, 1.807) is 13.0 Å². The Morgan fingerprint density at radius 3 is 2.50 bits per heavy atom. The van der Waals surface area contributed by atoms with E-state index in [2.05, 4.69) is 22.1 Å². The molecule has 1 aliphatic carbocycles. The predicted molar refractivity (Wildman–Crippen MR) is 108 cm³/mol. The second-order valence-corrected chi connectivity index (χ2v) is 8.04. The van der Waals surface area contributed by atoms with E-state index in [4.69, 9.17) is 0 Å². The van der Waals surface area contributed by atoms with Gasteiger partial charge in [0, 0.05) is 6.20 Å². The number of nitrogens with zero attached hydrogens (tertiary/aromatic N) is 2. The van der Waals surface area contributed by atoms with Crippen molar-refractivity contribution in [1.82, 2.24) is 5.32 Å². The average Bonchev–Trinajstić information content (AvgIpc) is 3.01. The number of halogens is 4. The van der Waals surface area contributed by atoms with Crippen LogP contribution >= 0.6 is 0 Å². The number of carbonyl (C=O) groups is 1. The quantitative estimate of drug-likeness (QED) is 0.405. The Hall–Kier alpha value is -2.51. The van der Waals surface area contributed by atoms with E-state index in [9.17, 15) is 22.4 Å². The summed E-state index contributed by atoms with van der Waals surface area (Å²) in [6.45, 7) is 8.36.